The molecule has 2 rings (SSSR count). The van der Waals surface area contributed by atoms with Gasteiger partial charge in [-0.3, -0.25) is 9.59 Å². The summed E-state index contributed by atoms with van der Waals surface area (Å²) in [5, 5.41) is 6.63. The number of hydrogen-bond donors (Lipinski definition) is 3. The molecule has 0 aromatic heterocycles. The van der Waals surface area contributed by atoms with Crippen LogP contribution in [0.25, 0.3) is 0 Å². The summed E-state index contributed by atoms with van der Waals surface area (Å²) in [5.74, 6) is 0.496. The predicted molar refractivity (Wildman–Crippen MR) is 98.2 cm³/mol. The molecule has 1 saturated heterocycles. The van der Waals surface area contributed by atoms with Crippen molar-refractivity contribution < 1.29 is 9.59 Å². The molecule has 0 spiro atoms. The first kappa shape index (κ1) is 18.8. The van der Waals surface area contributed by atoms with E-state index in [4.69, 9.17) is 5.73 Å². The van der Waals surface area contributed by atoms with E-state index in [9.17, 15) is 9.59 Å². The number of carbonyl (C=O) groups excluding carboxylic acids is 2. The zero-order valence-electron chi connectivity index (χ0n) is 14.9. The van der Waals surface area contributed by atoms with E-state index in [0.717, 1.165) is 31.0 Å². The van der Waals surface area contributed by atoms with Crippen LogP contribution in [0, 0.1) is 0 Å². The number of amides is 2. The minimum absolute atomic E-state index is 0.195. The van der Waals surface area contributed by atoms with Crippen LogP contribution in [0.1, 0.15) is 42.6 Å². The van der Waals surface area contributed by atoms with Crippen molar-refractivity contribution >= 4 is 17.8 Å². The molecule has 1 aromatic rings. The fraction of sp³-hybridized carbons (Fsp3) is 0.500. The highest BCUT2D eigenvalue weighted by Gasteiger charge is 2.25. The number of carbonyl (C=O) groups is 2. The van der Waals surface area contributed by atoms with Crippen LogP contribution < -0.4 is 16.4 Å². The molecule has 1 aliphatic heterocycles. The smallest absolute Gasteiger partial charge is 0.248 e. The Morgan fingerprint density at radius 2 is 2.00 bits per heavy atom. The number of nitrogens with zero attached hydrogens (tertiary/aromatic N) is 2. The van der Waals surface area contributed by atoms with Gasteiger partial charge in [0.05, 0.1) is 6.54 Å². The third kappa shape index (κ3) is 5.48. The van der Waals surface area contributed by atoms with Gasteiger partial charge in [-0.2, -0.15) is 0 Å². The van der Waals surface area contributed by atoms with E-state index in [1.807, 2.05) is 30.9 Å². The normalized spacial score (nSPS) is 17.4. The largest absolute Gasteiger partial charge is 0.366 e. The van der Waals surface area contributed by atoms with Crippen LogP contribution in [0.5, 0.6) is 0 Å². The Kier molecular flexibility index (Phi) is 6.80. The third-order valence-corrected chi connectivity index (χ3v) is 4.19. The summed E-state index contributed by atoms with van der Waals surface area (Å²) in [7, 11) is 0. The van der Waals surface area contributed by atoms with E-state index in [0.29, 0.717) is 25.1 Å². The van der Waals surface area contributed by atoms with Crippen LogP contribution in [0.4, 0.5) is 0 Å². The molecule has 1 unspecified atom stereocenters. The van der Waals surface area contributed by atoms with Gasteiger partial charge in [-0.1, -0.05) is 19.1 Å². The highest BCUT2D eigenvalue weighted by Crippen LogP contribution is 2.10. The maximum Gasteiger partial charge on any atom is 0.248 e. The molecule has 25 heavy (non-hydrogen) atoms. The van der Waals surface area contributed by atoms with Gasteiger partial charge >= 0.3 is 0 Å². The summed E-state index contributed by atoms with van der Waals surface area (Å²) >= 11 is 0. The van der Waals surface area contributed by atoms with Gasteiger partial charge in [0, 0.05) is 37.7 Å². The minimum Gasteiger partial charge on any atom is -0.366 e. The molecule has 1 heterocycles. The minimum atomic E-state index is -0.433. The molecule has 1 atom stereocenters. The first-order chi connectivity index (χ1) is 12.0. The van der Waals surface area contributed by atoms with Gasteiger partial charge in [-0.25, -0.2) is 4.99 Å². The lowest BCUT2D eigenvalue weighted by molar-refractivity contribution is -0.129. The monoisotopic (exact) mass is 345 g/mol. The fourth-order valence-electron chi connectivity index (χ4n) is 2.79. The second-order valence-electron chi connectivity index (χ2n) is 6.08. The van der Waals surface area contributed by atoms with E-state index in [2.05, 4.69) is 15.6 Å². The average molecular weight is 345 g/mol. The number of nitrogens with one attached hydrogen (secondary N) is 2. The Morgan fingerprint density at radius 3 is 2.60 bits per heavy atom. The molecule has 4 N–H and O–H groups in total. The summed E-state index contributed by atoms with van der Waals surface area (Å²) < 4.78 is 0. The molecular weight excluding hydrogens is 318 g/mol. The lowest BCUT2D eigenvalue weighted by Gasteiger charge is -2.18. The molecule has 7 heteroatoms. The lowest BCUT2D eigenvalue weighted by Crippen LogP contribution is -2.45. The lowest BCUT2D eigenvalue weighted by atomic mass is 10.1. The zero-order chi connectivity index (χ0) is 18.2. The summed E-state index contributed by atoms with van der Waals surface area (Å²) in [6.07, 6.45) is 1.46. The van der Waals surface area contributed by atoms with Crippen LogP contribution in [-0.4, -0.2) is 48.3 Å². The SMILES string of the molecule is CCNC(=NCc1ccc(C(N)=O)cc1)NC1CCN(C(=O)CC)C1. The third-order valence-electron chi connectivity index (χ3n) is 4.19. The molecule has 0 aliphatic carbocycles. The highest BCUT2D eigenvalue weighted by molar-refractivity contribution is 5.92. The second-order valence-corrected chi connectivity index (χ2v) is 6.08. The molecule has 0 radical (unpaired) electrons. The summed E-state index contributed by atoms with van der Waals surface area (Å²) in [5.41, 5.74) is 6.73. The van der Waals surface area contributed by atoms with Gasteiger partial charge in [0.1, 0.15) is 0 Å². The van der Waals surface area contributed by atoms with Crippen molar-refractivity contribution in [2.24, 2.45) is 10.7 Å². The zero-order valence-corrected chi connectivity index (χ0v) is 14.9. The van der Waals surface area contributed by atoms with Crippen molar-refractivity contribution in [3.8, 4) is 0 Å². The molecule has 2 amide bonds. The van der Waals surface area contributed by atoms with Gasteiger partial charge in [-0.15, -0.1) is 0 Å². The molecule has 1 aromatic carbocycles. The number of primary amides is 1. The van der Waals surface area contributed by atoms with Crippen molar-refractivity contribution in [2.75, 3.05) is 19.6 Å². The molecule has 1 aliphatic rings. The summed E-state index contributed by atoms with van der Waals surface area (Å²) in [4.78, 5) is 29.4. The van der Waals surface area contributed by atoms with Crippen LogP contribution in [-0.2, 0) is 11.3 Å². The van der Waals surface area contributed by atoms with Crippen LogP contribution >= 0.6 is 0 Å². The number of guanidine groups is 1. The maximum atomic E-state index is 11.8. The van der Waals surface area contributed by atoms with Crippen LogP contribution in [0.2, 0.25) is 0 Å². The average Bonchev–Trinajstić information content (AvgIpc) is 3.08. The first-order valence-electron chi connectivity index (χ1n) is 8.74. The van der Waals surface area contributed by atoms with Crippen LogP contribution in [0.15, 0.2) is 29.3 Å². The summed E-state index contributed by atoms with van der Waals surface area (Å²) in [6.45, 7) is 6.66. The van der Waals surface area contributed by atoms with Crippen molar-refractivity contribution in [2.45, 2.75) is 39.3 Å². The molecule has 1 fully saturated rings. The van der Waals surface area contributed by atoms with Gasteiger partial charge in [0.2, 0.25) is 11.8 Å². The number of rotatable bonds is 6. The van der Waals surface area contributed by atoms with E-state index in [-0.39, 0.29) is 11.9 Å². The Balaban J connectivity index is 1.94. The van der Waals surface area contributed by atoms with E-state index >= 15 is 0 Å². The topological polar surface area (TPSA) is 99.8 Å². The van der Waals surface area contributed by atoms with Crippen molar-refractivity contribution in [3.63, 3.8) is 0 Å². The number of likely N-dealkylation sites (tertiary alicyclic amines) is 1. The Morgan fingerprint density at radius 1 is 1.28 bits per heavy atom. The molecule has 136 valence electrons. The molecule has 0 saturated carbocycles. The van der Waals surface area contributed by atoms with E-state index < -0.39 is 5.91 Å². The second kappa shape index (κ2) is 9.05. The number of aliphatic imine (C=N–C) groups is 1. The number of benzene rings is 1. The van der Waals surface area contributed by atoms with Gasteiger partial charge in [0.25, 0.3) is 0 Å². The highest BCUT2D eigenvalue weighted by atomic mass is 16.2. The molecule has 0 bridgehead atoms. The quantitative estimate of drug-likeness (QED) is 0.526. The molecular formula is C18H27N5O2. The molecule has 7 nitrogen and oxygen atoms in total. The maximum absolute atomic E-state index is 11.8. The van der Waals surface area contributed by atoms with Gasteiger partial charge < -0.3 is 21.3 Å². The number of nitrogens with two attached hydrogens (primary N) is 1. The standard InChI is InChI=1S/C18H27N5O2/c1-3-16(24)23-10-9-15(12-23)22-18(20-4-2)21-11-13-5-7-14(8-6-13)17(19)25/h5-8,15H,3-4,9-12H2,1-2H3,(H2,19,25)(H2,20,21,22). The van der Waals surface area contributed by atoms with Gasteiger partial charge in [0.15, 0.2) is 5.96 Å². The predicted octanol–water partition coefficient (Wildman–Crippen LogP) is 0.852. The van der Waals surface area contributed by atoms with E-state index in [1.165, 1.54) is 0 Å². The Bertz CT molecular complexity index is 627. The van der Waals surface area contributed by atoms with Gasteiger partial charge in [-0.05, 0) is 31.0 Å². The van der Waals surface area contributed by atoms with E-state index in [1.54, 1.807) is 12.1 Å². The Hall–Kier alpha value is -2.57. The van der Waals surface area contributed by atoms with Crippen LogP contribution in [0.3, 0.4) is 0 Å². The van der Waals surface area contributed by atoms with Crippen molar-refractivity contribution in [1.82, 2.24) is 15.5 Å². The fourth-order valence-corrected chi connectivity index (χ4v) is 2.79. The summed E-state index contributed by atoms with van der Waals surface area (Å²) in [6, 6.07) is 7.33. The number of hydrogen-bond acceptors (Lipinski definition) is 3. The first-order valence-corrected chi connectivity index (χ1v) is 8.74. The Labute approximate surface area is 148 Å². The van der Waals surface area contributed by atoms with Crippen molar-refractivity contribution in [1.29, 1.82) is 0 Å². The van der Waals surface area contributed by atoms with Crippen molar-refractivity contribution in [3.05, 3.63) is 35.4 Å².